The molecular weight excluding hydrogens is 278 g/mol. The molecule has 0 radical (unpaired) electrons. The highest BCUT2D eigenvalue weighted by Crippen LogP contribution is 2.20. The van der Waals surface area contributed by atoms with Gasteiger partial charge in [0.05, 0.1) is 12.2 Å². The molecule has 2 N–H and O–H groups in total. The number of benzene rings is 1. The summed E-state index contributed by atoms with van der Waals surface area (Å²) in [5.74, 6) is -0.170. The Morgan fingerprint density at radius 1 is 1.10 bits per heavy atom. The predicted molar refractivity (Wildman–Crippen MR) is 77.0 cm³/mol. The van der Waals surface area contributed by atoms with E-state index in [1.807, 2.05) is 0 Å². The minimum Gasteiger partial charge on any atom is -0.368 e. The minimum absolute atomic E-state index is 0.0804. The van der Waals surface area contributed by atoms with Crippen molar-refractivity contribution in [2.45, 2.75) is 6.54 Å². The van der Waals surface area contributed by atoms with Crippen molar-refractivity contribution in [1.29, 1.82) is 0 Å². The summed E-state index contributed by atoms with van der Waals surface area (Å²) in [6.45, 7) is 0.175. The molecule has 8 heteroatoms. The molecule has 2 rings (SSSR count). The molecule has 0 saturated carbocycles. The Morgan fingerprint density at radius 2 is 1.81 bits per heavy atom. The van der Waals surface area contributed by atoms with Crippen molar-refractivity contribution in [3.8, 4) is 0 Å². The number of rotatable bonds is 4. The van der Waals surface area contributed by atoms with Crippen molar-refractivity contribution in [1.82, 2.24) is 15.0 Å². The number of nitrogens with two attached hydrogens (primary N) is 1. The maximum atomic E-state index is 13.7. The van der Waals surface area contributed by atoms with Crippen molar-refractivity contribution in [3.05, 3.63) is 35.7 Å². The van der Waals surface area contributed by atoms with E-state index in [1.54, 1.807) is 26.0 Å². The Balaban J connectivity index is 2.27. The Kier molecular flexibility index (Phi) is 4.15. The van der Waals surface area contributed by atoms with Gasteiger partial charge in [-0.15, -0.1) is 0 Å². The first-order valence-corrected chi connectivity index (χ1v) is 6.20. The topological polar surface area (TPSA) is 71.2 Å². The molecule has 0 aliphatic carbocycles. The van der Waals surface area contributed by atoms with Crippen LogP contribution in [-0.4, -0.2) is 36.1 Å². The molecule has 112 valence electrons. The zero-order valence-electron chi connectivity index (χ0n) is 12.0. The summed E-state index contributed by atoms with van der Waals surface area (Å²) in [5.41, 5.74) is 5.75. The van der Waals surface area contributed by atoms with E-state index in [0.29, 0.717) is 11.8 Å². The van der Waals surface area contributed by atoms with E-state index in [9.17, 15) is 8.78 Å². The van der Waals surface area contributed by atoms with Crippen LogP contribution in [0.5, 0.6) is 0 Å². The summed E-state index contributed by atoms with van der Waals surface area (Å²) < 4.78 is 26.9. The van der Waals surface area contributed by atoms with E-state index in [0.717, 1.165) is 18.2 Å². The standard InChI is InChI=1S/C13H16F2N6/c1-20(2)13-18-11(17-12(16)19-13)7-21(3)10-6-8(14)4-5-9(10)15/h4-6H,7H2,1-3H3,(H2,16,17,18,19). The summed E-state index contributed by atoms with van der Waals surface area (Å²) in [6, 6.07) is 3.26. The number of anilines is 3. The van der Waals surface area contributed by atoms with Crippen LogP contribution >= 0.6 is 0 Å². The molecule has 1 aromatic heterocycles. The molecule has 0 amide bonds. The Labute approximate surface area is 121 Å². The Morgan fingerprint density at radius 3 is 2.48 bits per heavy atom. The number of aromatic nitrogens is 3. The fourth-order valence-electron chi connectivity index (χ4n) is 1.77. The predicted octanol–water partition coefficient (Wildman–Crippen LogP) is 1.43. The molecule has 1 aromatic carbocycles. The molecule has 0 aliphatic heterocycles. The summed E-state index contributed by atoms with van der Waals surface area (Å²) in [5, 5.41) is 0. The minimum atomic E-state index is -0.520. The lowest BCUT2D eigenvalue weighted by molar-refractivity contribution is 0.595. The summed E-state index contributed by atoms with van der Waals surface area (Å²) in [4.78, 5) is 15.4. The van der Waals surface area contributed by atoms with Gasteiger partial charge in [-0.25, -0.2) is 8.78 Å². The van der Waals surface area contributed by atoms with Crippen LogP contribution in [0.2, 0.25) is 0 Å². The summed E-state index contributed by atoms with van der Waals surface area (Å²) in [6.07, 6.45) is 0. The lowest BCUT2D eigenvalue weighted by Crippen LogP contribution is -2.22. The van der Waals surface area contributed by atoms with Gasteiger partial charge in [0.25, 0.3) is 0 Å². The second-order valence-electron chi connectivity index (χ2n) is 4.76. The van der Waals surface area contributed by atoms with E-state index in [1.165, 1.54) is 4.90 Å². The van der Waals surface area contributed by atoms with E-state index in [2.05, 4.69) is 15.0 Å². The van der Waals surface area contributed by atoms with Gasteiger partial charge in [0.15, 0.2) is 5.82 Å². The molecule has 0 fully saturated rings. The van der Waals surface area contributed by atoms with Crippen LogP contribution in [0.3, 0.4) is 0 Å². The molecular formula is C13H16F2N6. The van der Waals surface area contributed by atoms with Crippen LogP contribution in [0.25, 0.3) is 0 Å². The highest BCUT2D eigenvalue weighted by atomic mass is 19.1. The van der Waals surface area contributed by atoms with Crippen molar-refractivity contribution in [2.75, 3.05) is 36.7 Å². The number of halogens is 2. The first-order chi connectivity index (χ1) is 9.86. The van der Waals surface area contributed by atoms with Gasteiger partial charge in [-0.2, -0.15) is 15.0 Å². The fourth-order valence-corrected chi connectivity index (χ4v) is 1.77. The fraction of sp³-hybridized carbons (Fsp3) is 0.308. The second-order valence-corrected chi connectivity index (χ2v) is 4.76. The van der Waals surface area contributed by atoms with Gasteiger partial charge in [0.2, 0.25) is 11.9 Å². The molecule has 0 spiro atoms. The first kappa shape index (κ1) is 14.9. The SMILES string of the molecule is CN(C)c1nc(N)nc(CN(C)c2cc(F)ccc2F)n1. The molecule has 0 saturated heterocycles. The van der Waals surface area contributed by atoms with Gasteiger partial charge >= 0.3 is 0 Å². The van der Waals surface area contributed by atoms with Crippen LogP contribution in [-0.2, 0) is 6.54 Å². The molecule has 6 nitrogen and oxygen atoms in total. The monoisotopic (exact) mass is 294 g/mol. The van der Waals surface area contributed by atoms with Crippen molar-refractivity contribution in [2.24, 2.45) is 0 Å². The second kappa shape index (κ2) is 5.86. The molecule has 0 aliphatic rings. The van der Waals surface area contributed by atoms with Gasteiger partial charge in [0, 0.05) is 27.2 Å². The van der Waals surface area contributed by atoms with Gasteiger partial charge in [0.1, 0.15) is 11.6 Å². The summed E-state index contributed by atoms with van der Waals surface area (Å²) >= 11 is 0. The van der Waals surface area contributed by atoms with Crippen molar-refractivity contribution < 1.29 is 8.78 Å². The van der Waals surface area contributed by atoms with Crippen LogP contribution in [0, 0.1) is 11.6 Å². The lowest BCUT2D eigenvalue weighted by atomic mass is 10.2. The van der Waals surface area contributed by atoms with Crippen LogP contribution in [0.4, 0.5) is 26.4 Å². The molecule has 2 aromatic rings. The zero-order chi connectivity index (χ0) is 15.6. The van der Waals surface area contributed by atoms with E-state index < -0.39 is 11.6 Å². The third kappa shape index (κ3) is 3.53. The average Bonchev–Trinajstić information content (AvgIpc) is 2.40. The van der Waals surface area contributed by atoms with Gasteiger partial charge in [-0.05, 0) is 12.1 Å². The van der Waals surface area contributed by atoms with E-state index >= 15 is 0 Å². The molecule has 0 bridgehead atoms. The molecule has 0 atom stereocenters. The smallest absolute Gasteiger partial charge is 0.229 e. The number of hydrogen-bond acceptors (Lipinski definition) is 6. The quantitative estimate of drug-likeness (QED) is 0.920. The number of nitrogens with zero attached hydrogens (tertiary/aromatic N) is 5. The number of nitrogen functional groups attached to an aromatic ring is 1. The van der Waals surface area contributed by atoms with Crippen LogP contribution in [0.15, 0.2) is 18.2 Å². The largest absolute Gasteiger partial charge is 0.368 e. The third-order valence-corrected chi connectivity index (χ3v) is 2.79. The van der Waals surface area contributed by atoms with Crippen LogP contribution in [0.1, 0.15) is 5.82 Å². The Hall–Kier alpha value is -2.51. The normalized spacial score (nSPS) is 10.5. The highest BCUT2D eigenvalue weighted by molar-refractivity contribution is 5.47. The maximum absolute atomic E-state index is 13.7. The Bertz CT molecular complexity index is 647. The van der Waals surface area contributed by atoms with E-state index in [4.69, 9.17) is 5.73 Å². The maximum Gasteiger partial charge on any atom is 0.229 e. The van der Waals surface area contributed by atoms with Crippen LogP contribution < -0.4 is 15.5 Å². The molecule has 21 heavy (non-hydrogen) atoms. The highest BCUT2D eigenvalue weighted by Gasteiger charge is 2.13. The average molecular weight is 294 g/mol. The summed E-state index contributed by atoms with van der Waals surface area (Å²) in [7, 11) is 5.16. The lowest BCUT2D eigenvalue weighted by Gasteiger charge is -2.20. The zero-order valence-corrected chi connectivity index (χ0v) is 12.0. The third-order valence-electron chi connectivity index (χ3n) is 2.79. The van der Waals surface area contributed by atoms with Gasteiger partial charge in [-0.1, -0.05) is 0 Å². The molecule has 0 unspecified atom stereocenters. The van der Waals surface area contributed by atoms with Crippen molar-refractivity contribution >= 4 is 17.6 Å². The first-order valence-electron chi connectivity index (χ1n) is 6.20. The van der Waals surface area contributed by atoms with Crippen molar-refractivity contribution in [3.63, 3.8) is 0 Å². The van der Waals surface area contributed by atoms with E-state index in [-0.39, 0.29) is 18.2 Å². The van der Waals surface area contributed by atoms with Gasteiger partial charge in [-0.3, -0.25) is 0 Å². The number of hydrogen-bond donors (Lipinski definition) is 1. The van der Waals surface area contributed by atoms with Gasteiger partial charge < -0.3 is 15.5 Å². The molecule has 1 heterocycles.